The van der Waals surface area contributed by atoms with Gasteiger partial charge in [0.15, 0.2) is 0 Å². The zero-order chi connectivity index (χ0) is 14.1. The van der Waals surface area contributed by atoms with E-state index in [2.05, 4.69) is 77.3 Å². The Bertz CT molecular complexity index is 806. The molecule has 21 heavy (non-hydrogen) atoms. The van der Waals surface area contributed by atoms with Gasteiger partial charge in [0.25, 0.3) is 0 Å². The van der Waals surface area contributed by atoms with Gasteiger partial charge in [-0.2, -0.15) is 5.10 Å². The molecule has 0 aliphatic carbocycles. The van der Waals surface area contributed by atoms with Gasteiger partial charge in [0, 0.05) is 6.42 Å². The predicted molar refractivity (Wildman–Crippen MR) is 87.4 cm³/mol. The molecule has 3 aromatic carbocycles. The molecule has 2 heteroatoms. The third-order valence-electron chi connectivity index (χ3n) is 4.04. The molecule has 102 valence electrons. The topological polar surface area (TPSA) is 24.4 Å². The van der Waals surface area contributed by atoms with E-state index in [4.69, 9.17) is 0 Å². The van der Waals surface area contributed by atoms with Crippen LogP contribution in [0.4, 0.5) is 0 Å². The number of rotatable bonds is 2. The van der Waals surface area contributed by atoms with Crippen LogP contribution in [0, 0.1) is 0 Å². The zero-order valence-electron chi connectivity index (χ0n) is 11.7. The summed E-state index contributed by atoms with van der Waals surface area (Å²) in [5.74, 6) is 0. The molecular formula is C19H16N2. The number of nitrogens with zero attached hydrogens (tertiary/aromatic N) is 1. The Morgan fingerprint density at radius 1 is 0.810 bits per heavy atom. The Morgan fingerprint density at radius 3 is 2.43 bits per heavy atom. The van der Waals surface area contributed by atoms with Crippen LogP contribution in [0.25, 0.3) is 10.8 Å². The van der Waals surface area contributed by atoms with E-state index in [-0.39, 0.29) is 6.04 Å². The minimum atomic E-state index is 0.285. The summed E-state index contributed by atoms with van der Waals surface area (Å²) in [6, 6.07) is 25.8. The van der Waals surface area contributed by atoms with Crippen LogP contribution >= 0.6 is 0 Å². The predicted octanol–water partition coefficient (Wildman–Crippen LogP) is 4.28. The van der Waals surface area contributed by atoms with Gasteiger partial charge in [0.2, 0.25) is 0 Å². The second-order valence-electron chi connectivity index (χ2n) is 5.42. The third kappa shape index (κ3) is 2.29. The number of hydrazone groups is 1. The first-order valence-corrected chi connectivity index (χ1v) is 7.26. The number of fused-ring (bicyclic) bond motifs is 1. The Kier molecular flexibility index (Phi) is 2.93. The molecule has 0 radical (unpaired) electrons. The fourth-order valence-corrected chi connectivity index (χ4v) is 2.87. The lowest BCUT2D eigenvalue weighted by Gasteiger charge is -2.09. The highest BCUT2D eigenvalue weighted by Gasteiger charge is 2.20. The van der Waals surface area contributed by atoms with E-state index in [1.165, 1.54) is 21.9 Å². The average Bonchev–Trinajstić information content (AvgIpc) is 3.05. The largest absolute Gasteiger partial charge is 0.302 e. The van der Waals surface area contributed by atoms with Gasteiger partial charge < -0.3 is 5.43 Å². The summed E-state index contributed by atoms with van der Waals surface area (Å²) in [6.07, 6.45) is 0.933. The van der Waals surface area contributed by atoms with Crippen LogP contribution in [-0.2, 0) is 0 Å². The lowest BCUT2D eigenvalue weighted by atomic mass is 9.97. The van der Waals surface area contributed by atoms with Gasteiger partial charge >= 0.3 is 0 Å². The molecule has 0 spiro atoms. The fraction of sp³-hybridized carbons (Fsp3) is 0.105. The molecule has 3 aromatic rings. The SMILES string of the molecule is c1ccc(C2CC(c3ccc4ccccc4c3)=NN2)cc1. The minimum Gasteiger partial charge on any atom is -0.302 e. The maximum atomic E-state index is 4.54. The van der Waals surface area contributed by atoms with Gasteiger partial charge in [-0.1, -0.05) is 66.7 Å². The molecule has 1 aliphatic heterocycles. The molecule has 1 atom stereocenters. The van der Waals surface area contributed by atoms with Gasteiger partial charge in [-0.3, -0.25) is 0 Å². The van der Waals surface area contributed by atoms with Crippen molar-refractivity contribution in [3.8, 4) is 0 Å². The summed E-state index contributed by atoms with van der Waals surface area (Å²) in [5, 5.41) is 7.07. The van der Waals surface area contributed by atoms with Gasteiger partial charge in [-0.05, 0) is 28.0 Å². The van der Waals surface area contributed by atoms with Gasteiger partial charge in [0.1, 0.15) is 0 Å². The quantitative estimate of drug-likeness (QED) is 0.740. The van der Waals surface area contributed by atoms with Crippen LogP contribution in [0.2, 0.25) is 0 Å². The number of benzene rings is 3. The van der Waals surface area contributed by atoms with E-state index in [0.717, 1.165) is 12.1 Å². The van der Waals surface area contributed by atoms with Crippen molar-refractivity contribution in [1.29, 1.82) is 0 Å². The minimum absolute atomic E-state index is 0.285. The molecule has 1 heterocycles. The van der Waals surface area contributed by atoms with Crippen LogP contribution in [-0.4, -0.2) is 5.71 Å². The molecule has 0 saturated carbocycles. The van der Waals surface area contributed by atoms with Gasteiger partial charge in [-0.15, -0.1) is 0 Å². The molecular weight excluding hydrogens is 256 g/mol. The van der Waals surface area contributed by atoms with E-state index in [1.807, 2.05) is 6.07 Å². The van der Waals surface area contributed by atoms with Gasteiger partial charge in [0.05, 0.1) is 11.8 Å². The Hall–Kier alpha value is -2.61. The van der Waals surface area contributed by atoms with Crippen LogP contribution in [0.5, 0.6) is 0 Å². The van der Waals surface area contributed by atoms with Crippen LogP contribution < -0.4 is 5.43 Å². The van der Waals surface area contributed by atoms with Crippen molar-refractivity contribution in [3.63, 3.8) is 0 Å². The monoisotopic (exact) mass is 272 g/mol. The smallest absolute Gasteiger partial charge is 0.0745 e. The first-order chi connectivity index (χ1) is 10.4. The van der Waals surface area contributed by atoms with E-state index >= 15 is 0 Å². The molecule has 0 amide bonds. The van der Waals surface area contributed by atoms with Crippen LogP contribution in [0.1, 0.15) is 23.6 Å². The summed E-state index contributed by atoms with van der Waals surface area (Å²) >= 11 is 0. The first kappa shape index (κ1) is 12.2. The standard InChI is InChI=1S/C19H16N2/c1-2-7-15(8-3-1)18-13-19(21-20-18)17-11-10-14-6-4-5-9-16(14)12-17/h1-12,18,20H,13H2. The lowest BCUT2D eigenvalue weighted by Crippen LogP contribution is -2.09. The molecule has 2 nitrogen and oxygen atoms in total. The second-order valence-corrected chi connectivity index (χ2v) is 5.42. The second kappa shape index (κ2) is 5.06. The third-order valence-corrected chi connectivity index (χ3v) is 4.04. The number of nitrogens with one attached hydrogen (secondary N) is 1. The Balaban J connectivity index is 1.62. The van der Waals surface area contributed by atoms with Crippen molar-refractivity contribution < 1.29 is 0 Å². The molecule has 1 unspecified atom stereocenters. The maximum Gasteiger partial charge on any atom is 0.0745 e. The summed E-state index contributed by atoms with van der Waals surface area (Å²) in [6.45, 7) is 0. The van der Waals surface area contributed by atoms with Crippen molar-refractivity contribution in [3.05, 3.63) is 83.9 Å². The molecule has 0 aromatic heterocycles. The highest BCUT2D eigenvalue weighted by molar-refractivity contribution is 6.04. The van der Waals surface area contributed by atoms with Crippen molar-refractivity contribution in [2.24, 2.45) is 5.10 Å². The van der Waals surface area contributed by atoms with E-state index in [1.54, 1.807) is 0 Å². The molecule has 1 N–H and O–H groups in total. The first-order valence-electron chi connectivity index (χ1n) is 7.26. The van der Waals surface area contributed by atoms with Crippen LogP contribution in [0.3, 0.4) is 0 Å². The normalized spacial score (nSPS) is 17.5. The fourth-order valence-electron chi connectivity index (χ4n) is 2.87. The maximum absolute atomic E-state index is 4.54. The summed E-state index contributed by atoms with van der Waals surface area (Å²) < 4.78 is 0. The molecule has 1 aliphatic rings. The Morgan fingerprint density at radius 2 is 1.57 bits per heavy atom. The number of hydrogen-bond acceptors (Lipinski definition) is 2. The van der Waals surface area contributed by atoms with E-state index in [9.17, 15) is 0 Å². The average molecular weight is 272 g/mol. The van der Waals surface area contributed by atoms with Crippen molar-refractivity contribution in [2.75, 3.05) is 0 Å². The van der Waals surface area contributed by atoms with Crippen molar-refractivity contribution in [2.45, 2.75) is 12.5 Å². The summed E-state index contributed by atoms with van der Waals surface area (Å²) in [4.78, 5) is 0. The summed E-state index contributed by atoms with van der Waals surface area (Å²) in [5.41, 5.74) is 6.89. The van der Waals surface area contributed by atoms with Crippen molar-refractivity contribution in [1.82, 2.24) is 5.43 Å². The molecule has 0 bridgehead atoms. The van der Waals surface area contributed by atoms with E-state index in [0.29, 0.717) is 0 Å². The zero-order valence-corrected chi connectivity index (χ0v) is 11.7. The Labute approximate surface area is 124 Å². The van der Waals surface area contributed by atoms with Gasteiger partial charge in [-0.25, -0.2) is 0 Å². The summed E-state index contributed by atoms with van der Waals surface area (Å²) in [7, 11) is 0. The highest BCUT2D eigenvalue weighted by Crippen LogP contribution is 2.25. The highest BCUT2D eigenvalue weighted by atomic mass is 15.3. The molecule has 0 fully saturated rings. The van der Waals surface area contributed by atoms with Crippen LogP contribution in [0.15, 0.2) is 77.9 Å². The van der Waals surface area contributed by atoms with E-state index < -0.39 is 0 Å². The number of hydrogen-bond donors (Lipinski definition) is 1. The molecule has 4 rings (SSSR count). The lowest BCUT2D eigenvalue weighted by molar-refractivity contribution is 0.620. The molecule has 0 saturated heterocycles. The van der Waals surface area contributed by atoms with Crippen molar-refractivity contribution >= 4 is 16.5 Å².